The quantitative estimate of drug-likeness (QED) is 0.103. The van der Waals surface area contributed by atoms with Crippen LogP contribution in [-0.4, -0.2) is 84.7 Å². The van der Waals surface area contributed by atoms with E-state index in [2.05, 4.69) is 13.2 Å². The molecule has 2 aromatic rings. The van der Waals surface area contributed by atoms with Crippen LogP contribution in [0.1, 0.15) is 50.7 Å². The van der Waals surface area contributed by atoms with Gasteiger partial charge in [-0.3, -0.25) is 19.2 Å². The standard InChI is InChI=1S/C35H40O14/c1-5-31(40)46-21-27(48-33(42)17-15-29(36)37)19-44-25-11-7-23(8-12-25)35(3,4)24-9-13-26(14-10-24)45-20-28(22-47-32(41)6-2)49-34(43)18-16-30(38)39/h5-14,27-28H,1-2,15-22H2,3-4H3,(H,36,37)(H,38,39). The van der Waals surface area contributed by atoms with Crippen LogP contribution in [0.25, 0.3) is 0 Å². The Bertz CT molecular complexity index is 1350. The minimum atomic E-state index is -1.15. The first-order valence-corrected chi connectivity index (χ1v) is 15.1. The fourth-order valence-corrected chi connectivity index (χ4v) is 4.09. The van der Waals surface area contributed by atoms with E-state index in [1.54, 1.807) is 24.3 Å². The molecule has 264 valence electrons. The third-order valence-corrected chi connectivity index (χ3v) is 6.86. The van der Waals surface area contributed by atoms with Crippen LogP contribution in [0.5, 0.6) is 11.5 Å². The van der Waals surface area contributed by atoms with Crippen molar-refractivity contribution < 1.29 is 67.4 Å². The number of carboxylic acid groups (broad SMARTS) is 2. The molecule has 2 atom stereocenters. The fraction of sp³-hybridized carbons (Fsp3) is 0.371. The second-order valence-corrected chi connectivity index (χ2v) is 11.0. The van der Waals surface area contributed by atoms with Gasteiger partial charge >= 0.3 is 35.8 Å². The summed E-state index contributed by atoms with van der Waals surface area (Å²) in [6, 6.07) is 14.3. The molecule has 2 rings (SSSR count). The lowest BCUT2D eigenvalue weighted by molar-refractivity contribution is -0.159. The highest BCUT2D eigenvalue weighted by Gasteiger charge is 2.24. The number of carboxylic acids is 2. The zero-order valence-corrected chi connectivity index (χ0v) is 27.3. The van der Waals surface area contributed by atoms with E-state index < -0.39 is 66.3 Å². The molecule has 2 N–H and O–H groups in total. The van der Waals surface area contributed by atoms with Gasteiger partial charge in [0.1, 0.15) is 37.9 Å². The normalized spacial score (nSPS) is 12.0. The first-order valence-electron chi connectivity index (χ1n) is 15.1. The molecule has 49 heavy (non-hydrogen) atoms. The van der Waals surface area contributed by atoms with Crippen molar-refractivity contribution in [2.45, 2.75) is 57.2 Å². The van der Waals surface area contributed by atoms with Crippen LogP contribution in [0.2, 0.25) is 0 Å². The molecule has 0 saturated carbocycles. The summed E-state index contributed by atoms with van der Waals surface area (Å²) in [6.45, 7) is 9.71. The van der Waals surface area contributed by atoms with Crippen molar-refractivity contribution in [3.63, 3.8) is 0 Å². The van der Waals surface area contributed by atoms with Crippen molar-refractivity contribution in [2.24, 2.45) is 0 Å². The van der Waals surface area contributed by atoms with Gasteiger partial charge < -0.3 is 38.6 Å². The Morgan fingerprint density at radius 3 is 1.27 bits per heavy atom. The summed E-state index contributed by atoms with van der Waals surface area (Å²) in [5.41, 5.74) is 1.39. The number of hydrogen-bond donors (Lipinski definition) is 2. The average molecular weight is 685 g/mol. The Balaban J connectivity index is 2.03. The molecule has 0 aliphatic carbocycles. The van der Waals surface area contributed by atoms with E-state index >= 15 is 0 Å². The molecular formula is C35H40O14. The highest BCUT2D eigenvalue weighted by molar-refractivity contribution is 5.81. The van der Waals surface area contributed by atoms with Crippen molar-refractivity contribution in [2.75, 3.05) is 26.4 Å². The van der Waals surface area contributed by atoms with E-state index in [4.69, 9.17) is 38.6 Å². The van der Waals surface area contributed by atoms with Crippen molar-refractivity contribution in [1.82, 2.24) is 0 Å². The van der Waals surface area contributed by atoms with E-state index in [1.807, 2.05) is 38.1 Å². The van der Waals surface area contributed by atoms with Gasteiger partial charge in [0.25, 0.3) is 0 Å². The molecule has 0 fully saturated rings. The topological polar surface area (TPSA) is 198 Å². The smallest absolute Gasteiger partial charge is 0.330 e. The molecule has 14 nitrogen and oxygen atoms in total. The Hall–Kier alpha value is -5.66. The average Bonchev–Trinajstić information content (AvgIpc) is 3.08. The van der Waals surface area contributed by atoms with Crippen LogP contribution < -0.4 is 9.47 Å². The predicted molar refractivity (Wildman–Crippen MR) is 172 cm³/mol. The van der Waals surface area contributed by atoms with Crippen LogP contribution in [-0.2, 0) is 53.1 Å². The van der Waals surface area contributed by atoms with E-state index in [0.717, 1.165) is 23.3 Å². The number of carbonyl (C=O) groups excluding carboxylic acids is 4. The number of esters is 4. The van der Waals surface area contributed by atoms with Crippen LogP contribution in [0.4, 0.5) is 0 Å². The van der Waals surface area contributed by atoms with Crippen molar-refractivity contribution in [1.29, 1.82) is 0 Å². The lowest BCUT2D eigenvalue weighted by Gasteiger charge is -2.27. The van der Waals surface area contributed by atoms with Crippen LogP contribution in [0, 0.1) is 0 Å². The molecule has 0 saturated heterocycles. The minimum absolute atomic E-state index is 0.160. The van der Waals surface area contributed by atoms with Crippen molar-refractivity contribution >= 4 is 35.8 Å². The molecule has 0 radical (unpaired) electrons. The summed E-state index contributed by atoms with van der Waals surface area (Å²) >= 11 is 0. The second-order valence-electron chi connectivity index (χ2n) is 11.0. The number of carbonyl (C=O) groups is 6. The zero-order valence-electron chi connectivity index (χ0n) is 27.3. The maximum Gasteiger partial charge on any atom is 0.330 e. The minimum Gasteiger partial charge on any atom is -0.490 e. The summed E-state index contributed by atoms with van der Waals surface area (Å²) in [4.78, 5) is 68.6. The number of rotatable bonds is 22. The fourth-order valence-electron chi connectivity index (χ4n) is 4.09. The van der Waals surface area contributed by atoms with Gasteiger partial charge in [-0.15, -0.1) is 0 Å². The molecule has 0 heterocycles. The first-order chi connectivity index (χ1) is 23.2. The first kappa shape index (κ1) is 39.5. The largest absolute Gasteiger partial charge is 0.490 e. The van der Waals surface area contributed by atoms with Gasteiger partial charge in [-0.2, -0.15) is 0 Å². The van der Waals surface area contributed by atoms with E-state index in [0.29, 0.717) is 11.5 Å². The second kappa shape index (κ2) is 19.9. The van der Waals surface area contributed by atoms with Gasteiger partial charge in [-0.1, -0.05) is 51.3 Å². The number of ether oxygens (including phenoxy) is 6. The molecule has 0 bridgehead atoms. The van der Waals surface area contributed by atoms with Crippen molar-refractivity contribution in [3.05, 3.63) is 85.0 Å². The van der Waals surface area contributed by atoms with E-state index in [1.165, 1.54) is 0 Å². The highest BCUT2D eigenvalue weighted by atomic mass is 16.6. The van der Waals surface area contributed by atoms with Gasteiger partial charge in [-0.05, 0) is 35.4 Å². The third kappa shape index (κ3) is 14.8. The molecule has 0 amide bonds. The summed E-state index contributed by atoms with van der Waals surface area (Å²) in [7, 11) is 0. The van der Waals surface area contributed by atoms with Crippen LogP contribution in [0.15, 0.2) is 73.8 Å². The molecular weight excluding hydrogens is 644 g/mol. The predicted octanol–water partition coefficient (Wildman–Crippen LogP) is 3.78. The zero-order chi connectivity index (χ0) is 36.4. The molecule has 2 unspecified atom stereocenters. The Labute approximate surface area is 283 Å². The summed E-state index contributed by atoms with van der Waals surface area (Å²) in [5.74, 6) is -4.40. The van der Waals surface area contributed by atoms with Gasteiger partial charge in [0.05, 0.1) is 25.7 Å². The molecule has 2 aromatic carbocycles. The third-order valence-electron chi connectivity index (χ3n) is 6.86. The maximum absolute atomic E-state index is 12.0. The van der Waals surface area contributed by atoms with Gasteiger partial charge in [0.15, 0.2) is 12.2 Å². The van der Waals surface area contributed by atoms with Gasteiger partial charge in [0, 0.05) is 17.6 Å². The summed E-state index contributed by atoms with van der Waals surface area (Å²) in [6.07, 6.45) is -1.56. The number of hydrogen-bond acceptors (Lipinski definition) is 12. The lowest BCUT2D eigenvalue weighted by Crippen LogP contribution is -2.31. The van der Waals surface area contributed by atoms with Gasteiger partial charge in [-0.25, -0.2) is 9.59 Å². The molecule has 14 heteroatoms. The monoisotopic (exact) mass is 684 g/mol. The molecule has 0 aliphatic rings. The van der Waals surface area contributed by atoms with E-state index in [-0.39, 0.29) is 39.3 Å². The summed E-state index contributed by atoms with van der Waals surface area (Å²) in [5, 5.41) is 17.6. The lowest BCUT2D eigenvalue weighted by atomic mass is 9.78. The highest BCUT2D eigenvalue weighted by Crippen LogP contribution is 2.33. The SMILES string of the molecule is C=CC(=O)OCC(COc1ccc(C(C)(C)c2ccc(OCC(COC(=O)C=C)OC(=O)CCC(=O)O)cc2)cc1)OC(=O)CCC(=O)O. The van der Waals surface area contributed by atoms with E-state index in [9.17, 15) is 28.8 Å². The summed E-state index contributed by atoms with van der Waals surface area (Å²) < 4.78 is 32.0. The number of aliphatic carboxylic acids is 2. The van der Waals surface area contributed by atoms with Crippen LogP contribution in [0.3, 0.4) is 0 Å². The van der Waals surface area contributed by atoms with Crippen molar-refractivity contribution in [3.8, 4) is 11.5 Å². The molecule has 0 spiro atoms. The number of benzene rings is 2. The maximum atomic E-state index is 12.0. The Kier molecular flexibility index (Phi) is 16.0. The molecule has 0 aliphatic heterocycles. The van der Waals surface area contributed by atoms with Gasteiger partial charge in [0.2, 0.25) is 0 Å². The Morgan fingerprint density at radius 2 is 0.959 bits per heavy atom. The molecule has 0 aromatic heterocycles. The van der Waals surface area contributed by atoms with Crippen LogP contribution >= 0.6 is 0 Å². The Morgan fingerprint density at radius 1 is 0.612 bits per heavy atom.